The third-order valence-corrected chi connectivity index (χ3v) is 3.08. The molecule has 0 saturated carbocycles. The van der Waals surface area contributed by atoms with Gasteiger partial charge in [0.15, 0.2) is 0 Å². The highest BCUT2D eigenvalue weighted by molar-refractivity contribution is 6.31. The molecule has 1 aromatic carbocycles. The first-order valence-corrected chi connectivity index (χ1v) is 6.86. The van der Waals surface area contributed by atoms with Crippen molar-refractivity contribution in [3.05, 3.63) is 47.2 Å². The second kappa shape index (κ2) is 6.95. The van der Waals surface area contributed by atoms with Crippen LogP contribution in [0.1, 0.15) is 17.3 Å². The zero-order valence-electron chi connectivity index (χ0n) is 11.8. The Morgan fingerprint density at radius 2 is 2.14 bits per heavy atom. The van der Waals surface area contributed by atoms with Gasteiger partial charge in [-0.2, -0.15) is 0 Å². The van der Waals surface area contributed by atoms with Crippen molar-refractivity contribution in [1.82, 2.24) is 4.98 Å². The Morgan fingerprint density at radius 3 is 2.86 bits per heavy atom. The van der Waals surface area contributed by atoms with Gasteiger partial charge in [0.2, 0.25) is 0 Å². The number of anilines is 2. The van der Waals surface area contributed by atoms with E-state index in [4.69, 9.17) is 16.3 Å². The predicted molar refractivity (Wildman–Crippen MR) is 84.4 cm³/mol. The molecule has 0 aliphatic heterocycles. The number of hydrogen-bond acceptors (Lipinski definition) is 4. The van der Waals surface area contributed by atoms with Crippen LogP contribution in [-0.2, 0) is 0 Å². The highest BCUT2D eigenvalue weighted by Gasteiger charge is 2.13. The number of methoxy groups -OCH3 is 1. The van der Waals surface area contributed by atoms with Gasteiger partial charge in [0.1, 0.15) is 5.75 Å². The van der Waals surface area contributed by atoms with E-state index in [9.17, 15) is 4.79 Å². The van der Waals surface area contributed by atoms with Crippen LogP contribution in [0.5, 0.6) is 5.75 Å². The van der Waals surface area contributed by atoms with Crippen LogP contribution < -0.4 is 15.4 Å². The second-order valence-electron chi connectivity index (χ2n) is 4.25. The minimum Gasteiger partial charge on any atom is -0.495 e. The van der Waals surface area contributed by atoms with Crippen LogP contribution in [-0.4, -0.2) is 24.5 Å². The van der Waals surface area contributed by atoms with E-state index in [1.54, 1.807) is 36.7 Å². The van der Waals surface area contributed by atoms with Crippen molar-refractivity contribution in [2.75, 3.05) is 24.3 Å². The maximum Gasteiger partial charge on any atom is 0.257 e. The van der Waals surface area contributed by atoms with Crippen molar-refractivity contribution in [3.8, 4) is 5.75 Å². The molecular formula is C15H16ClN3O2. The minimum absolute atomic E-state index is 0.256. The summed E-state index contributed by atoms with van der Waals surface area (Å²) in [7, 11) is 1.54. The molecule has 0 saturated heterocycles. The molecule has 110 valence electrons. The summed E-state index contributed by atoms with van der Waals surface area (Å²) in [5, 5.41) is 6.42. The van der Waals surface area contributed by atoms with Crippen molar-refractivity contribution < 1.29 is 9.53 Å². The van der Waals surface area contributed by atoms with E-state index in [-0.39, 0.29) is 5.91 Å². The normalized spacial score (nSPS) is 10.0. The van der Waals surface area contributed by atoms with Crippen LogP contribution >= 0.6 is 11.6 Å². The van der Waals surface area contributed by atoms with E-state index < -0.39 is 0 Å². The van der Waals surface area contributed by atoms with E-state index in [0.717, 1.165) is 0 Å². The molecule has 0 radical (unpaired) electrons. The molecule has 0 spiro atoms. The number of pyridine rings is 1. The first-order valence-electron chi connectivity index (χ1n) is 6.48. The largest absolute Gasteiger partial charge is 0.495 e. The summed E-state index contributed by atoms with van der Waals surface area (Å²) in [4.78, 5) is 16.4. The van der Waals surface area contributed by atoms with E-state index in [1.807, 2.05) is 6.92 Å². The third kappa shape index (κ3) is 3.64. The number of halogens is 1. The van der Waals surface area contributed by atoms with Crippen LogP contribution in [0.25, 0.3) is 0 Å². The number of nitrogens with zero attached hydrogens (tertiary/aromatic N) is 1. The summed E-state index contributed by atoms with van der Waals surface area (Å²) < 4.78 is 5.21. The Kier molecular flexibility index (Phi) is 5.00. The molecule has 0 atom stereocenters. The van der Waals surface area contributed by atoms with E-state index in [1.165, 1.54) is 7.11 Å². The molecular weight excluding hydrogens is 290 g/mol. The molecule has 0 unspecified atom stereocenters. The molecule has 2 rings (SSSR count). The molecule has 1 aromatic heterocycles. The average Bonchev–Trinajstić information content (AvgIpc) is 2.48. The van der Waals surface area contributed by atoms with E-state index >= 15 is 0 Å². The summed E-state index contributed by atoms with van der Waals surface area (Å²) in [6.07, 6.45) is 3.19. The van der Waals surface area contributed by atoms with Crippen LogP contribution in [0.3, 0.4) is 0 Å². The number of rotatable bonds is 5. The zero-order chi connectivity index (χ0) is 15.2. The summed E-state index contributed by atoms with van der Waals surface area (Å²) in [5.41, 5.74) is 1.71. The standard InChI is InChI=1S/C15H16ClN3O2/c1-3-18-13-9-17-7-6-11(13)15(20)19-12-8-10(16)4-5-14(12)21-2/h4-9,18H,3H2,1-2H3,(H,19,20). The van der Waals surface area contributed by atoms with Gasteiger partial charge in [-0.05, 0) is 31.2 Å². The van der Waals surface area contributed by atoms with E-state index in [2.05, 4.69) is 15.6 Å². The van der Waals surface area contributed by atoms with Gasteiger partial charge in [-0.3, -0.25) is 9.78 Å². The van der Waals surface area contributed by atoms with Crippen LogP contribution in [0, 0.1) is 0 Å². The Labute approximate surface area is 128 Å². The van der Waals surface area contributed by atoms with Crippen molar-refractivity contribution in [2.45, 2.75) is 6.92 Å². The monoisotopic (exact) mass is 305 g/mol. The fourth-order valence-corrected chi connectivity index (χ4v) is 2.06. The lowest BCUT2D eigenvalue weighted by atomic mass is 10.2. The van der Waals surface area contributed by atoms with Gasteiger partial charge in [-0.15, -0.1) is 0 Å². The van der Waals surface area contributed by atoms with Gasteiger partial charge >= 0.3 is 0 Å². The molecule has 0 bridgehead atoms. The fourth-order valence-electron chi connectivity index (χ4n) is 1.89. The van der Waals surface area contributed by atoms with Gasteiger partial charge in [-0.1, -0.05) is 11.6 Å². The van der Waals surface area contributed by atoms with E-state index in [0.29, 0.717) is 34.3 Å². The summed E-state index contributed by atoms with van der Waals surface area (Å²) in [6.45, 7) is 2.65. The van der Waals surface area contributed by atoms with Gasteiger partial charge in [0, 0.05) is 17.8 Å². The number of carbonyl (C=O) groups excluding carboxylic acids is 1. The molecule has 21 heavy (non-hydrogen) atoms. The van der Waals surface area contributed by atoms with Gasteiger partial charge in [0.25, 0.3) is 5.91 Å². The third-order valence-electron chi connectivity index (χ3n) is 2.84. The van der Waals surface area contributed by atoms with Crippen molar-refractivity contribution in [3.63, 3.8) is 0 Å². The number of amides is 1. The minimum atomic E-state index is -0.256. The molecule has 0 fully saturated rings. The van der Waals surface area contributed by atoms with Gasteiger partial charge in [0.05, 0.1) is 30.2 Å². The molecule has 6 heteroatoms. The lowest BCUT2D eigenvalue weighted by Gasteiger charge is -2.13. The number of benzene rings is 1. The predicted octanol–water partition coefficient (Wildman–Crippen LogP) is 3.43. The molecule has 0 aliphatic carbocycles. The molecule has 1 amide bonds. The van der Waals surface area contributed by atoms with Crippen molar-refractivity contribution in [1.29, 1.82) is 0 Å². The Balaban J connectivity index is 2.28. The van der Waals surface area contributed by atoms with Gasteiger partial charge in [-0.25, -0.2) is 0 Å². The zero-order valence-corrected chi connectivity index (χ0v) is 12.6. The first-order chi connectivity index (χ1) is 10.2. The van der Waals surface area contributed by atoms with Crippen LogP contribution in [0.15, 0.2) is 36.7 Å². The quantitative estimate of drug-likeness (QED) is 0.888. The maximum absolute atomic E-state index is 12.4. The molecule has 5 nitrogen and oxygen atoms in total. The second-order valence-corrected chi connectivity index (χ2v) is 4.69. The molecule has 1 heterocycles. The maximum atomic E-state index is 12.4. The average molecular weight is 306 g/mol. The van der Waals surface area contributed by atoms with Crippen molar-refractivity contribution in [2.24, 2.45) is 0 Å². The Hall–Kier alpha value is -2.27. The first kappa shape index (κ1) is 15.1. The number of nitrogens with one attached hydrogen (secondary N) is 2. The summed E-state index contributed by atoms with van der Waals surface area (Å²) in [5.74, 6) is 0.292. The number of aromatic nitrogens is 1. The SMILES string of the molecule is CCNc1cnccc1C(=O)Nc1cc(Cl)ccc1OC. The highest BCUT2D eigenvalue weighted by atomic mass is 35.5. The smallest absolute Gasteiger partial charge is 0.257 e. The number of ether oxygens (including phenoxy) is 1. The lowest BCUT2D eigenvalue weighted by Crippen LogP contribution is -2.15. The summed E-state index contributed by atoms with van der Waals surface area (Å²) in [6, 6.07) is 6.71. The fraction of sp³-hybridized carbons (Fsp3) is 0.200. The Bertz CT molecular complexity index is 647. The molecule has 0 aliphatic rings. The van der Waals surface area contributed by atoms with Crippen molar-refractivity contribution >= 4 is 28.9 Å². The highest BCUT2D eigenvalue weighted by Crippen LogP contribution is 2.28. The number of carbonyl (C=O) groups is 1. The lowest BCUT2D eigenvalue weighted by molar-refractivity contribution is 0.102. The van der Waals surface area contributed by atoms with Gasteiger partial charge < -0.3 is 15.4 Å². The van der Waals surface area contributed by atoms with Crippen LogP contribution in [0.4, 0.5) is 11.4 Å². The summed E-state index contributed by atoms with van der Waals surface area (Å²) >= 11 is 5.96. The Morgan fingerprint density at radius 1 is 1.33 bits per heavy atom. The topological polar surface area (TPSA) is 63.2 Å². The molecule has 2 N–H and O–H groups in total. The molecule has 2 aromatic rings. The van der Waals surface area contributed by atoms with Crippen LogP contribution in [0.2, 0.25) is 5.02 Å². The number of hydrogen-bond donors (Lipinski definition) is 2.